The molecule has 0 radical (unpaired) electrons. The van der Waals surface area contributed by atoms with E-state index in [2.05, 4.69) is 17.6 Å². The number of amides is 3. The average Bonchev–Trinajstić information content (AvgIpc) is 3.09. The molecule has 0 bridgehead atoms. The second kappa shape index (κ2) is 6.87. The van der Waals surface area contributed by atoms with Crippen LogP contribution in [0.2, 0.25) is 0 Å². The van der Waals surface area contributed by atoms with Crippen molar-refractivity contribution in [2.24, 2.45) is 5.41 Å². The van der Waals surface area contributed by atoms with E-state index in [1.54, 1.807) is 17.0 Å². The maximum atomic E-state index is 13.0. The van der Waals surface area contributed by atoms with E-state index in [9.17, 15) is 14.4 Å². The Morgan fingerprint density at radius 3 is 2.85 bits per heavy atom. The molecule has 0 saturated carbocycles. The second-order valence-corrected chi connectivity index (χ2v) is 7.81. The van der Waals surface area contributed by atoms with Gasteiger partial charge in [-0.2, -0.15) is 0 Å². The van der Waals surface area contributed by atoms with Crippen molar-refractivity contribution in [3.05, 3.63) is 23.8 Å². The monoisotopic (exact) mass is 370 g/mol. The van der Waals surface area contributed by atoms with Gasteiger partial charge in [0, 0.05) is 31.7 Å². The van der Waals surface area contributed by atoms with E-state index >= 15 is 0 Å². The van der Waals surface area contributed by atoms with Crippen LogP contribution >= 0.6 is 0 Å². The van der Waals surface area contributed by atoms with Crippen molar-refractivity contribution in [3.63, 3.8) is 0 Å². The molecule has 1 atom stereocenters. The molecule has 3 aliphatic heterocycles. The van der Waals surface area contributed by atoms with Gasteiger partial charge < -0.3 is 20.4 Å². The van der Waals surface area contributed by atoms with Gasteiger partial charge in [-0.15, -0.1) is 0 Å². The van der Waals surface area contributed by atoms with Crippen molar-refractivity contribution in [1.29, 1.82) is 0 Å². The minimum atomic E-state index is -0.410. The third-order valence-electron chi connectivity index (χ3n) is 5.94. The molecule has 2 N–H and O–H groups in total. The van der Waals surface area contributed by atoms with Crippen LogP contribution in [-0.4, -0.2) is 60.2 Å². The first-order valence-corrected chi connectivity index (χ1v) is 9.79. The number of hydrogen-bond acceptors (Lipinski definition) is 4. The summed E-state index contributed by atoms with van der Waals surface area (Å²) in [7, 11) is 0. The van der Waals surface area contributed by atoms with Gasteiger partial charge in [0.05, 0.1) is 23.3 Å². The number of nitrogens with zero attached hydrogens (tertiary/aromatic N) is 2. The fraction of sp³-hybridized carbons (Fsp3) is 0.550. The predicted molar refractivity (Wildman–Crippen MR) is 103 cm³/mol. The third-order valence-corrected chi connectivity index (χ3v) is 5.94. The zero-order valence-electron chi connectivity index (χ0n) is 15.7. The Hall–Kier alpha value is -2.57. The predicted octanol–water partition coefficient (Wildman–Crippen LogP) is 1.92. The Morgan fingerprint density at radius 1 is 1.19 bits per heavy atom. The van der Waals surface area contributed by atoms with Crippen LogP contribution in [0.3, 0.4) is 0 Å². The minimum absolute atomic E-state index is 0.0742. The number of hydrogen-bond donors (Lipinski definition) is 2. The highest BCUT2D eigenvalue weighted by Gasteiger charge is 2.49. The second-order valence-electron chi connectivity index (χ2n) is 7.81. The molecule has 3 heterocycles. The van der Waals surface area contributed by atoms with Gasteiger partial charge in [-0.3, -0.25) is 14.4 Å². The summed E-state index contributed by atoms with van der Waals surface area (Å²) in [6.07, 6.45) is 3.56. The van der Waals surface area contributed by atoms with Crippen molar-refractivity contribution in [2.45, 2.75) is 32.6 Å². The lowest BCUT2D eigenvalue weighted by molar-refractivity contribution is -0.145. The highest BCUT2D eigenvalue weighted by Crippen LogP contribution is 2.40. The molecule has 1 aromatic rings. The van der Waals surface area contributed by atoms with Gasteiger partial charge in [-0.05, 0) is 43.9 Å². The molecule has 2 saturated heterocycles. The molecular formula is C20H26N4O3. The van der Waals surface area contributed by atoms with Gasteiger partial charge in [0.15, 0.2) is 0 Å². The SMILES string of the molecule is CCCN1CCC[C@@]2(CCN(C(=O)c3ccc4c(c3)NC(=O)CN4)C2)C1=O. The molecule has 0 aliphatic carbocycles. The Labute approximate surface area is 159 Å². The Balaban J connectivity index is 1.50. The summed E-state index contributed by atoms with van der Waals surface area (Å²) in [5.41, 5.74) is 1.59. The van der Waals surface area contributed by atoms with Crippen LogP contribution in [0.5, 0.6) is 0 Å². The number of carbonyl (C=O) groups excluding carboxylic acids is 3. The van der Waals surface area contributed by atoms with Gasteiger partial charge in [0.25, 0.3) is 5.91 Å². The summed E-state index contributed by atoms with van der Waals surface area (Å²) in [5, 5.41) is 5.83. The van der Waals surface area contributed by atoms with Gasteiger partial charge in [0.2, 0.25) is 11.8 Å². The molecule has 3 aliphatic rings. The van der Waals surface area contributed by atoms with Crippen LogP contribution in [0.4, 0.5) is 11.4 Å². The summed E-state index contributed by atoms with van der Waals surface area (Å²) >= 11 is 0. The largest absolute Gasteiger partial charge is 0.374 e. The number of likely N-dealkylation sites (tertiary alicyclic amines) is 2. The van der Waals surface area contributed by atoms with E-state index in [0.29, 0.717) is 24.3 Å². The lowest BCUT2D eigenvalue weighted by atomic mass is 9.78. The molecule has 3 amide bonds. The van der Waals surface area contributed by atoms with Gasteiger partial charge in [-0.25, -0.2) is 0 Å². The zero-order valence-corrected chi connectivity index (χ0v) is 15.7. The van der Waals surface area contributed by atoms with E-state index in [0.717, 1.165) is 44.5 Å². The average molecular weight is 370 g/mol. The van der Waals surface area contributed by atoms with E-state index in [-0.39, 0.29) is 24.3 Å². The van der Waals surface area contributed by atoms with E-state index < -0.39 is 5.41 Å². The van der Waals surface area contributed by atoms with Crippen LogP contribution < -0.4 is 10.6 Å². The normalized spacial score (nSPS) is 24.6. The highest BCUT2D eigenvalue weighted by atomic mass is 16.2. The molecule has 1 aromatic carbocycles. The molecule has 4 rings (SSSR count). The van der Waals surface area contributed by atoms with Crippen molar-refractivity contribution >= 4 is 29.1 Å². The number of nitrogens with one attached hydrogen (secondary N) is 2. The number of carbonyl (C=O) groups is 3. The fourth-order valence-corrected chi connectivity index (χ4v) is 4.55. The van der Waals surface area contributed by atoms with Gasteiger partial charge in [-0.1, -0.05) is 6.92 Å². The van der Waals surface area contributed by atoms with Crippen LogP contribution in [0.25, 0.3) is 0 Å². The van der Waals surface area contributed by atoms with Crippen molar-refractivity contribution in [3.8, 4) is 0 Å². The third kappa shape index (κ3) is 3.15. The van der Waals surface area contributed by atoms with Crippen LogP contribution in [-0.2, 0) is 9.59 Å². The quantitative estimate of drug-likeness (QED) is 0.852. The summed E-state index contributed by atoms with van der Waals surface area (Å²) in [5.74, 6) is 0.0266. The van der Waals surface area contributed by atoms with Gasteiger partial charge in [0.1, 0.15) is 0 Å². The summed E-state index contributed by atoms with van der Waals surface area (Å²) in [4.78, 5) is 41.4. The van der Waals surface area contributed by atoms with Crippen molar-refractivity contribution in [2.75, 3.05) is 43.4 Å². The smallest absolute Gasteiger partial charge is 0.253 e. The first kappa shape index (κ1) is 17.8. The van der Waals surface area contributed by atoms with E-state index in [1.165, 1.54) is 0 Å². The minimum Gasteiger partial charge on any atom is -0.374 e. The van der Waals surface area contributed by atoms with E-state index in [1.807, 2.05) is 11.0 Å². The zero-order chi connectivity index (χ0) is 19.0. The van der Waals surface area contributed by atoms with E-state index in [4.69, 9.17) is 0 Å². The summed E-state index contributed by atoms with van der Waals surface area (Å²) in [6.45, 7) is 5.05. The highest BCUT2D eigenvalue weighted by molar-refractivity contribution is 6.03. The summed E-state index contributed by atoms with van der Waals surface area (Å²) in [6, 6.07) is 5.32. The standard InChI is InChI=1S/C20H26N4O3/c1-2-8-23-9-3-6-20(19(23)27)7-10-24(13-20)18(26)14-4-5-15-16(11-14)22-17(25)12-21-15/h4-5,11,21H,2-3,6-10,12-13H2,1H3,(H,22,25)/t20-/m0/s1. The lowest BCUT2D eigenvalue weighted by Crippen LogP contribution is -2.50. The number of piperidine rings is 1. The Kier molecular flexibility index (Phi) is 4.53. The first-order valence-electron chi connectivity index (χ1n) is 9.79. The molecule has 7 nitrogen and oxygen atoms in total. The number of fused-ring (bicyclic) bond motifs is 1. The van der Waals surface area contributed by atoms with Crippen molar-refractivity contribution < 1.29 is 14.4 Å². The number of rotatable bonds is 3. The lowest BCUT2D eigenvalue weighted by Gasteiger charge is -2.39. The van der Waals surface area contributed by atoms with Crippen LogP contribution in [0.15, 0.2) is 18.2 Å². The Morgan fingerprint density at radius 2 is 2.04 bits per heavy atom. The maximum absolute atomic E-state index is 13.0. The molecule has 0 unspecified atom stereocenters. The Bertz CT molecular complexity index is 791. The van der Waals surface area contributed by atoms with Gasteiger partial charge >= 0.3 is 0 Å². The summed E-state index contributed by atoms with van der Waals surface area (Å²) < 4.78 is 0. The van der Waals surface area contributed by atoms with Crippen LogP contribution in [0, 0.1) is 5.41 Å². The molecule has 0 aromatic heterocycles. The molecule has 144 valence electrons. The number of benzene rings is 1. The molecule has 1 spiro atoms. The van der Waals surface area contributed by atoms with Crippen molar-refractivity contribution in [1.82, 2.24) is 9.80 Å². The fourth-order valence-electron chi connectivity index (χ4n) is 4.55. The molecule has 27 heavy (non-hydrogen) atoms. The maximum Gasteiger partial charge on any atom is 0.253 e. The number of anilines is 2. The first-order chi connectivity index (χ1) is 13.0. The van der Waals surface area contributed by atoms with Crippen LogP contribution in [0.1, 0.15) is 43.0 Å². The molecular weight excluding hydrogens is 344 g/mol. The molecule has 7 heteroatoms. The molecule has 2 fully saturated rings. The topological polar surface area (TPSA) is 81.8 Å².